The van der Waals surface area contributed by atoms with Crippen molar-refractivity contribution in [3.63, 3.8) is 0 Å². The molecule has 1 N–H and O–H groups in total. The molecular weight excluding hydrogens is 364 g/mol. The maximum absolute atomic E-state index is 12.3. The smallest absolute Gasteiger partial charge is 0.277 e. The normalized spacial score (nSPS) is 10.3. The van der Waals surface area contributed by atoms with Gasteiger partial charge in [0.1, 0.15) is 0 Å². The van der Waals surface area contributed by atoms with Crippen LogP contribution in [0.2, 0.25) is 0 Å². The van der Waals surface area contributed by atoms with Gasteiger partial charge in [-0.05, 0) is 12.1 Å². The van der Waals surface area contributed by atoms with Crippen molar-refractivity contribution in [1.82, 2.24) is 15.2 Å². The average Bonchev–Trinajstić information content (AvgIpc) is 3.10. The number of amides is 1. The molecule has 0 aliphatic heterocycles. The van der Waals surface area contributed by atoms with Crippen LogP contribution in [0, 0.1) is 20.2 Å². The molecule has 130 valence electrons. The van der Waals surface area contributed by atoms with Crippen molar-refractivity contribution in [1.29, 1.82) is 0 Å². The number of rotatable bonds is 5. The Morgan fingerprint density at radius 3 is 2.35 bits per heavy atom. The lowest BCUT2D eigenvalue weighted by Gasteiger charge is -2.01. The number of nitro groups is 2. The van der Waals surface area contributed by atoms with Gasteiger partial charge in [-0.3, -0.25) is 35.3 Å². The van der Waals surface area contributed by atoms with Crippen LogP contribution in [0.25, 0.3) is 10.6 Å². The number of aromatic nitrogens is 3. The fourth-order valence-electron chi connectivity index (χ4n) is 1.99. The lowest BCUT2D eigenvalue weighted by Crippen LogP contribution is -2.12. The lowest BCUT2D eigenvalue weighted by atomic mass is 10.1. The van der Waals surface area contributed by atoms with Gasteiger partial charge in [-0.25, -0.2) is 0 Å². The zero-order chi connectivity index (χ0) is 18.7. The van der Waals surface area contributed by atoms with E-state index in [0.717, 1.165) is 29.5 Å². The Kier molecular flexibility index (Phi) is 4.57. The summed E-state index contributed by atoms with van der Waals surface area (Å²) in [5.74, 6) is -0.773. The highest BCUT2D eigenvalue weighted by Crippen LogP contribution is 2.27. The van der Waals surface area contributed by atoms with Crippen molar-refractivity contribution >= 4 is 33.8 Å². The molecule has 0 spiro atoms. The summed E-state index contributed by atoms with van der Waals surface area (Å²) in [6.45, 7) is 0. The maximum atomic E-state index is 12.3. The van der Waals surface area contributed by atoms with Gasteiger partial charge in [0.15, 0.2) is 5.01 Å². The standard InChI is InChI=1S/C14H8N6O5S/c21-12(9-4-10(19(22)23)6-11(5-9)20(24)25)16-14-18-17-13(26-14)8-2-1-3-15-7-8/h1-7H,(H,16,18,21). The summed E-state index contributed by atoms with van der Waals surface area (Å²) in [5.41, 5.74) is -0.643. The van der Waals surface area contributed by atoms with Gasteiger partial charge < -0.3 is 0 Å². The summed E-state index contributed by atoms with van der Waals surface area (Å²) in [7, 11) is 0. The first kappa shape index (κ1) is 17.0. The molecule has 1 aromatic carbocycles. The van der Waals surface area contributed by atoms with E-state index in [4.69, 9.17) is 0 Å². The monoisotopic (exact) mass is 372 g/mol. The molecule has 0 aliphatic rings. The van der Waals surface area contributed by atoms with Crippen LogP contribution < -0.4 is 5.32 Å². The van der Waals surface area contributed by atoms with Gasteiger partial charge in [-0.15, -0.1) is 10.2 Å². The molecular formula is C14H8N6O5S. The summed E-state index contributed by atoms with van der Waals surface area (Å²) in [4.78, 5) is 36.4. The Hall–Kier alpha value is -3.80. The number of carbonyl (C=O) groups excluding carboxylic acids is 1. The van der Waals surface area contributed by atoms with Gasteiger partial charge in [0, 0.05) is 30.1 Å². The van der Waals surface area contributed by atoms with Crippen LogP contribution in [0.4, 0.5) is 16.5 Å². The summed E-state index contributed by atoms with van der Waals surface area (Å²) < 4.78 is 0. The third kappa shape index (κ3) is 3.64. The van der Waals surface area contributed by atoms with Crippen LogP contribution in [-0.2, 0) is 0 Å². The molecule has 1 amide bonds. The van der Waals surface area contributed by atoms with Gasteiger partial charge in [-0.2, -0.15) is 0 Å². The van der Waals surface area contributed by atoms with Crippen LogP contribution >= 0.6 is 11.3 Å². The van der Waals surface area contributed by atoms with Crippen molar-refractivity contribution in [2.24, 2.45) is 0 Å². The molecule has 0 aliphatic carbocycles. The van der Waals surface area contributed by atoms with Crippen molar-refractivity contribution in [3.8, 4) is 10.6 Å². The minimum absolute atomic E-state index is 0.142. The second-order valence-corrected chi connectivity index (χ2v) is 5.84. The average molecular weight is 372 g/mol. The largest absolute Gasteiger partial charge is 0.296 e. The third-order valence-electron chi connectivity index (χ3n) is 3.14. The summed E-state index contributed by atoms with van der Waals surface area (Å²) in [6.07, 6.45) is 3.18. The fourth-order valence-corrected chi connectivity index (χ4v) is 2.71. The fraction of sp³-hybridized carbons (Fsp3) is 0. The van der Waals surface area contributed by atoms with Gasteiger partial charge in [0.05, 0.1) is 21.5 Å². The molecule has 3 aromatic rings. The highest BCUT2D eigenvalue weighted by molar-refractivity contribution is 7.18. The number of nitrogens with one attached hydrogen (secondary N) is 1. The summed E-state index contributed by atoms with van der Waals surface area (Å²) in [6, 6.07) is 6.17. The molecule has 0 fully saturated rings. The number of carbonyl (C=O) groups is 1. The third-order valence-corrected chi connectivity index (χ3v) is 4.03. The number of anilines is 1. The minimum Gasteiger partial charge on any atom is -0.296 e. The number of hydrogen-bond acceptors (Lipinski definition) is 9. The molecule has 0 saturated heterocycles. The Morgan fingerprint density at radius 1 is 1.08 bits per heavy atom. The molecule has 0 atom stereocenters. The van der Waals surface area contributed by atoms with E-state index in [1.54, 1.807) is 24.5 Å². The lowest BCUT2D eigenvalue weighted by molar-refractivity contribution is -0.394. The number of non-ortho nitro benzene ring substituents is 2. The van der Waals surface area contributed by atoms with Crippen molar-refractivity contribution in [3.05, 3.63) is 68.5 Å². The number of nitrogens with zero attached hydrogens (tertiary/aromatic N) is 5. The molecule has 0 radical (unpaired) electrons. The molecule has 2 aromatic heterocycles. The van der Waals surface area contributed by atoms with Gasteiger partial charge in [0.25, 0.3) is 17.3 Å². The first-order valence-corrected chi connectivity index (χ1v) is 7.75. The molecule has 0 unspecified atom stereocenters. The summed E-state index contributed by atoms with van der Waals surface area (Å²) in [5, 5.41) is 32.6. The minimum atomic E-state index is -0.810. The molecule has 3 rings (SSSR count). The van der Waals surface area contributed by atoms with Gasteiger partial charge in [0.2, 0.25) is 5.13 Å². The van der Waals surface area contributed by atoms with E-state index in [9.17, 15) is 25.0 Å². The van der Waals surface area contributed by atoms with Crippen LogP contribution in [0.1, 0.15) is 10.4 Å². The van der Waals surface area contributed by atoms with Gasteiger partial charge in [-0.1, -0.05) is 11.3 Å². The quantitative estimate of drug-likeness (QED) is 0.529. The molecule has 2 heterocycles. The first-order valence-electron chi connectivity index (χ1n) is 6.93. The summed E-state index contributed by atoms with van der Waals surface area (Å²) >= 11 is 1.07. The maximum Gasteiger partial charge on any atom is 0.277 e. The van der Waals surface area contributed by atoms with E-state index in [2.05, 4.69) is 20.5 Å². The molecule has 26 heavy (non-hydrogen) atoms. The molecule has 0 bridgehead atoms. The number of hydrogen-bond donors (Lipinski definition) is 1. The highest BCUT2D eigenvalue weighted by atomic mass is 32.1. The van der Waals surface area contributed by atoms with E-state index in [-0.39, 0.29) is 10.7 Å². The van der Waals surface area contributed by atoms with Crippen LogP contribution in [-0.4, -0.2) is 30.9 Å². The van der Waals surface area contributed by atoms with Crippen LogP contribution in [0.3, 0.4) is 0 Å². The second kappa shape index (κ2) is 6.98. The van der Waals surface area contributed by atoms with E-state index in [1.807, 2.05) is 0 Å². The SMILES string of the molecule is O=C(Nc1nnc(-c2cccnc2)s1)c1cc([N+](=O)[O-])cc([N+](=O)[O-])c1. The Labute approximate surface area is 148 Å². The van der Waals surface area contributed by atoms with Crippen molar-refractivity contribution in [2.75, 3.05) is 5.32 Å². The van der Waals surface area contributed by atoms with E-state index in [1.165, 1.54) is 0 Å². The van der Waals surface area contributed by atoms with E-state index < -0.39 is 27.1 Å². The number of benzene rings is 1. The molecule has 0 saturated carbocycles. The zero-order valence-electron chi connectivity index (χ0n) is 12.7. The molecule has 12 heteroatoms. The van der Waals surface area contributed by atoms with Crippen LogP contribution in [0.5, 0.6) is 0 Å². The van der Waals surface area contributed by atoms with E-state index >= 15 is 0 Å². The Bertz CT molecular complexity index is 974. The van der Waals surface area contributed by atoms with Crippen molar-refractivity contribution < 1.29 is 14.6 Å². The van der Waals surface area contributed by atoms with E-state index in [0.29, 0.717) is 10.6 Å². The predicted molar refractivity (Wildman–Crippen MR) is 90.8 cm³/mol. The van der Waals surface area contributed by atoms with Crippen LogP contribution in [0.15, 0.2) is 42.7 Å². The molecule has 11 nitrogen and oxygen atoms in total. The Balaban J connectivity index is 1.85. The first-order chi connectivity index (χ1) is 12.4. The number of pyridine rings is 1. The van der Waals surface area contributed by atoms with Gasteiger partial charge >= 0.3 is 0 Å². The topological polar surface area (TPSA) is 154 Å². The highest BCUT2D eigenvalue weighted by Gasteiger charge is 2.20. The Morgan fingerprint density at radius 2 is 1.77 bits per heavy atom. The van der Waals surface area contributed by atoms with Crippen molar-refractivity contribution in [2.45, 2.75) is 0 Å². The zero-order valence-corrected chi connectivity index (χ0v) is 13.5. The number of nitro benzene ring substituents is 2. The predicted octanol–water partition coefficient (Wildman–Crippen LogP) is 2.67. The second-order valence-electron chi connectivity index (χ2n) is 4.86.